The van der Waals surface area contributed by atoms with Crippen molar-refractivity contribution in [3.8, 4) is 0 Å². The van der Waals surface area contributed by atoms with Gasteiger partial charge in [-0.25, -0.2) is 0 Å². The second-order valence-corrected chi connectivity index (χ2v) is 6.35. The number of hydrogen-bond acceptors (Lipinski definition) is 2. The summed E-state index contributed by atoms with van der Waals surface area (Å²) in [6.07, 6.45) is 12.0. The molecule has 0 spiro atoms. The van der Waals surface area contributed by atoms with Gasteiger partial charge in [0.05, 0.1) is 0 Å². The smallest absolute Gasteiger partial charge is 0.325 e. The van der Waals surface area contributed by atoms with Crippen LogP contribution in [0.15, 0.2) is 0 Å². The van der Waals surface area contributed by atoms with E-state index in [0.717, 1.165) is 12.8 Å². The van der Waals surface area contributed by atoms with Crippen LogP contribution in [0.3, 0.4) is 0 Å². The van der Waals surface area contributed by atoms with Crippen molar-refractivity contribution in [2.75, 3.05) is 6.16 Å². The average Bonchev–Trinajstić information content (AvgIpc) is 2.19. The van der Waals surface area contributed by atoms with E-state index in [1.54, 1.807) is 0 Å². The lowest BCUT2D eigenvalue weighted by molar-refractivity contribution is 0.370. The van der Waals surface area contributed by atoms with Gasteiger partial charge in [0.2, 0.25) is 0 Å². The molecule has 0 aliphatic carbocycles. The van der Waals surface area contributed by atoms with Crippen molar-refractivity contribution in [2.24, 2.45) is 0 Å². The van der Waals surface area contributed by atoms with Gasteiger partial charge in [0.1, 0.15) is 0 Å². The van der Waals surface area contributed by atoms with E-state index in [-0.39, 0.29) is 12.3 Å². The topological polar surface area (TPSA) is 92.5 Å². The van der Waals surface area contributed by atoms with Crippen molar-refractivity contribution in [2.45, 2.75) is 71.1 Å². The second kappa shape index (κ2) is 12.6. The van der Waals surface area contributed by atoms with E-state index in [9.17, 15) is 4.57 Å². The highest BCUT2D eigenvalue weighted by Gasteiger charge is 2.10. The Morgan fingerprint density at radius 1 is 0.765 bits per heavy atom. The fourth-order valence-corrected chi connectivity index (χ4v) is 2.44. The van der Waals surface area contributed by atoms with Crippen molar-refractivity contribution >= 4 is 7.60 Å². The SMILES string of the molecule is CCCCCCCCCCCCP(=O)(O)O.N. The molecule has 0 rings (SSSR count). The third kappa shape index (κ3) is 18.7. The van der Waals surface area contributed by atoms with Crippen molar-refractivity contribution in [1.29, 1.82) is 0 Å². The van der Waals surface area contributed by atoms with Crippen molar-refractivity contribution in [3.63, 3.8) is 0 Å². The van der Waals surface area contributed by atoms with Gasteiger partial charge in [-0.15, -0.1) is 0 Å². The molecule has 0 saturated heterocycles. The first-order valence-corrected chi connectivity index (χ1v) is 8.40. The minimum atomic E-state index is -3.74. The molecular formula is C12H30NO3P. The van der Waals surface area contributed by atoms with E-state index < -0.39 is 7.60 Å². The summed E-state index contributed by atoms with van der Waals surface area (Å²) in [5, 5.41) is 0. The standard InChI is InChI=1S/C12H27O3P.H3N/c1-2-3-4-5-6-7-8-9-10-11-12-16(13,14)15;/h2-12H2,1H3,(H2,13,14,15);1H3. The zero-order chi connectivity index (χ0) is 12.3. The monoisotopic (exact) mass is 267 g/mol. The molecule has 0 amide bonds. The van der Waals surface area contributed by atoms with E-state index in [1.807, 2.05) is 0 Å². The summed E-state index contributed by atoms with van der Waals surface area (Å²) in [7, 11) is -3.74. The zero-order valence-corrected chi connectivity index (χ0v) is 12.1. The Balaban J connectivity index is 0. The molecule has 0 heterocycles. The quantitative estimate of drug-likeness (QED) is 0.385. The second-order valence-electron chi connectivity index (χ2n) is 4.57. The number of hydrogen-bond donors (Lipinski definition) is 3. The summed E-state index contributed by atoms with van der Waals surface area (Å²) in [5.74, 6) is 0. The third-order valence-corrected chi connectivity index (χ3v) is 3.70. The summed E-state index contributed by atoms with van der Waals surface area (Å²) < 4.78 is 10.6. The maximum absolute atomic E-state index is 10.6. The average molecular weight is 267 g/mol. The Bertz CT molecular complexity index is 194. The number of rotatable bonds is 11. The van der Waals surface area contributed by atoms with Crippen molar-refractivity contribution in [3.05, 3.63) is 0 Å². The minimum Gasteiger partial charge on any atom is -0.344 e. The van der Waals surface area contributed by atoms with Crippen LogP contribution < -0.4 is 6.15 Å². The molecule has 0 bridgehead atoms. The van der Waals surface area contributed by atoms with Crippen LogP contribution in [0, 0.1) is 0 Å². The van der Waals surface area contributed by atoms with Crippen LogP contribution in [0.1, 0.15) is 71.1 Å². The fourth-order valence-electron chi connectivity index (χ4n) is 1.81. The van der Waals surface area contributed by atoms with E-state index in [4.69, 9.17) is 9.79 Å². The van der Waals surface area contributed by atoms with Gasteiger partial charge in [-0.2, -0.15) is 0 Å². The largest absolute Gasteiger partial charge is 0.344 e. The molecule has 0 radical (unpaired) electrons. The van der Waals surface area contributed by atoms with Crippen molar-refractivity contribution in [1.82, 2.24) is 6.15 Å². The Kier molecular flexibility index (Phi) is 14.4. The van der Waals surface area contributed by atoms with Gasteiger partial charge in [0.15, 0.2) is 0 Å². The molecule has 0 atom stereocenters. The van der Waals surface area contributed by atoms with E-state index in [0.29, 0.717) is 6.42 Å². The molecule has 4 nitrogen and oxygen atoms in total. The van der Waals surface area contributed by atoms with Crippen LogP contribution in [0.4, 0.5) is 0 Å². The first kappa shape index (κ1) is 19.4. The summed E-state index contributed by atoms with van der Waals surface area (Å²) in [5.41, 5.74) is 0. The van der Waals surface area contributed by atoms with Crippen LogP contribution in [-0.4, -0.2) is 15.9 Å². The molecule has 0 fully saturated rings. The lowest BCUT2D eigenvalue weighted by atomic mass is 10.1. The molecule has 0 unspecified atom stereocenters. The zero-order valence-electron chi connectivity index (χ0n) is 11.2. The lowest BCUT2D eigenvalue weighted by Gasteiger charge is -2.03. The van der Waals surface area contributed by atoms with Crippen LogP contribution in [0.2, 0.25) is 0 Å². The summed E-state index contributed by atoms with van der Waals surface area (Å²) in [4.78, 5) is 17.3. The molecule has 0 saturated carbocycles. The number of unbranched alkanes of at least 4 members (excludes halogenated alkanes) is 9. The molecule has 106 valence electrons. The highest BCUT2D eigenvalue weighted by atomic mass is 31.2. The first-order chi connectivity index (χ1) is 7.56. The maximum Gasteiger partial charge on any atom is 0.325 e. The third-order valence-electron chi connectivity index (χ3n) is 2.80. The molecule has 5 N–H and O–H groups in total. The molecular weight excluding hydrogens is 237 g/mol. The fraction of sp³-hybridized carbons (Fsp3) is 1.00. The predicted molar refractivity (Wildman–Crippen MR) is 73.8 cm³/mol. The van der Waals surface area contributed by atoms with Gasteiger partial charge in [-0.05, 0) is 6.42 Å². The molecule has 0 aromatic heterocycles. The van der Waals surface area contributed by atoms with Crippen LogP contribution in [0.5, 0.6) is 0 Å². The van der Waals surface area contributed by atoms with Gasteiger partial charge in [0, 0.05) is 6.16 Å². The normalized spacial score (nSPS) is 11.2. The van der Waals surface area contributed by atoms with Gasteiger partial charge >= 0.3 is 7.60 Å². The van der Waals surface area contributed by atoms with Crippen molar-refractivity contribution < 1.29 is 14.4 Å². The highest BCUT2D eigenvalue weighted by molar-refractivity contribution is 7.51. The Hall–Kier alpha value is 0.110. The molecule has 0 aromatic rings. The van der Waals surface area contributed by atoms with E-state index in [1.165, 1.54) is 44.9 Å². The molecule has 17 heavy (non-hydrogen) atoms. The molecule has 0 aliphatic heterocycles. The Morgan fingerprint density at radius 3 is 1.47 bits per heavy atom. The van der Waals surface area contributed by atoms with Gasteiger partial charge in [-0.3, -0.25) is 4.57 Å². The summed E-state index contributed by atoms with van der Waals surface area (Å²) >= 11 is 0. The maximum atomic E-state index is 10.6. The minimum absolute atomic E-state index is 0. The summed E-state index contributed by atoms with van der Waals surface area (Å²) in [6.45, 7) is 2.22. The molecule has 5 heteroatoms. The van der Waals surface area contributed by atoms with Crippen LogP contribution in [0.25, 0.3) is 0 Å². The van der Waals surface area contributed by atoms with Gasteiger partial charge in [0.25, 0.3) is 0 Å². The Morgan fingerprint density at radius 2 is 1.12 bits per heavy atom. The van der Waals surface area contributed by atoms with E-state index >= 15 is 0 Å². The van der Waals surface area contributed by atoms with Gasteiger partial charge < -0.3 is 15.9 Å². The lowest BCUT2D eigenvalue weighted by Crippen LogP contribution is -1.88. The highest BCUT2D eigenvalue weighted by Crippen LogP contribution is 2.35. The first-order valence-electron chi connectivity index (χ1n) is 6.61. The summed E-state index contributed by atoms with van der Waals surface area (Å²) in [6, 6.07) is 0. The van der Waals surface area contributed by atoms with Crippen LogP contribution >= 0.6 is 7.60 Å². The van der Waals surface area contributed by atoms with E-state index in [2.05, 4.69) is 6.92 Å². The van der Waals surface area contributed by atoms with Crippen LogP contribution in [-0.2, 0) is 4.57 Å². The predicted octanol–water partition coefficient (Wildman–Crippen LogP) is 4.25. The Labute approximate surface area is 106 Å². The molecule has 0 aliphatic rings. The van der Waals surface area contributed by atoms with Gasteiger partial charge in [-0.1, -0.05) is 64.7 Å². The molecule has 0 aromatic carbocycles.